The van der Waals surface area contributed by atoms with Crippen molar-refractivity contribution in [1.29, 1.82) is 0 Å². The smallest absolute Gasteiger partial charge is 0.322 e. The Bertz CT molecular complexity index is 1220. The van der Waals surface area contributed by atoms with Gasteiger partial charge in [-0.25, -0.2) is 4.79 Å². The molecule has 2 N–H and O–H groups in total. The maximum absolute atomic E-state index is 13.4. The first-order chi connectivity index (χ1) is 15.1. The van der Waals surface area contributed by atoms with Gasteiger partial charge in [-0.2, -0.15) is 0 Å². The molecule has 0 unspecified atom stereocenters. The monoisotopic (exact) mass is 409 g/mol. The van der Waals surface area contributed by atoms with Crippen molar-refractivity contribution in [1.82, 2.24) is 9.88 Å². The van der Waals surface area contributed by atoms with Crippen LogP contribution in [0.15, 0.2) is 72.8 Å². The average Bonchev–Trinajstić information content (AvgIpc) is 3.18. The molecule has 0 bridgehead atoms. The molecule has 5 rings (SSSR count). The maximum Gasteiger partial charge on any atom is 0.322 e. The highest BCUT2D eigenvalue weighted by atomic mass is 16.2. The van der Waals surface area contributed by atoms with Gasteiger partial charge in [0, 0.05) is 28.8 Å². The molecule has 0 aliphatic carbocycles. The molecule has 4 heteroatoms. The number of rotatable bonds is 3. The standard InChI is InChI=1S/C27H27N3O/c1-3-19-10-14-21(15-11-19)28-27(31)30-17-16-23-22-6-4-5-7-24(22)29-25(23)26(30)20-12-8-18(2)9-13-20/h4-15,26,29H,3,16-17H2,1-2H3,(H,28,31)/t26-/m1/s1. The van der Waals surface area contributed by atoms with E-state index >= 15 is 0 Å². The lowest BCUT2D eigenvalue weighted by molar-refractivity contribution is 0.193. The van der Waals surface area contributed by atoms with Crippen LogP contribution in [0.3, 0.4) is 0 Å². The van der Waals surface area contributed by atoms with Gasteiger partial charge in [0.05, 0.1) is 6.04 Å². The second-order valence-electron chi connectivity index (χ2n) is 8.30. The average molecular weight is 410 g/mol. The molecule has 1 atom stereocenters. The van der Waals surface area contributed by atoms with Gasteiger partial charge in [-0.3, -0.25) is 0 Å². The molecule has 1 aromatic heterocycles. The van der Waals surface area contributed by atoms with E-state index in [-0.39, 0.29) is 12.1 Å². The van der Waals surface area contributed by atoms with E-state index in [0.29, 0.717) is 6.54 Å². The molecule has 0 saturated carbocycles. The number of anilines is 1. The van der Waals surface area contributed by atoms with Crippen LogP contribution in [0.25, 0.3) is 10.9 Å². The minimum Gasteiger partial charge on any atom is -0.356 e. The molecular formula is C27H27N3O. The Morgan fingerprint density at radius 2 is 1.77 bits per heavy atom. The number of carbonyl (C=O) groups excluding carboxylic acids is 1. The van der Waals surface area contributed by atoms with E-state index in [1.54, 1.807) is 0 Å². The fourth-order valence-electron chi connectivity index (χ4n) is 4.57. The third-order valence-corrected chi connectivity index (χ3v) is 6.30. The number of para-hydroxylation sites is 1. The lowest BCUT2D eigenvalue weighted by Gasteiger charge is -2.36. The molecule has 0 saturated heterocycles. The van der Waals surface area contributed by atoms with Crippen LogP contribution in [0.1, 0.15) is 40.9 Å². The zero-order valence-corrected chi connectivity index (χ0v) is 18.0. The van der Waals surface area contributed by atoms with Gasteiger partial charge >= 0.3 is 6.03 Å². The van der Waals surface area contributed by atoms with E-state index in [1.807, 2.05) is 17.0 Å². The summed E-state index contributed by atoms with van der Waals surface area (Å²) in [5, 5.41) is 4.37. The second kappa shape index (κ2) is 7.95. The molecule has 2 amide bonds. The summed E-state index contributed by atoms with van der Waals surface area (Å²) >= 11 is 0. The van der Waals surface area contributed by atoms with Gasteiger partial charge in [0.1, 0.15) is 0 Å². The molecule has 0 radical (unpaired) electrons. The highest BCUT2D eigenvalue weighted by Crippen LogP contribution is 2.38. The molecule has 4 nitrogen and oxygen atoms in total. The molecule has 0 spiro atoms. The molecule has 1 aliphatic heterocycles. The Morgan fingerprint density at radius 3 is 2.52 bits per heavy atom. The van der Waals surface area contributed by atoms with Crippen molar-refractivity contribution in [3.63, 3.8) is 0 Å². The predicted molar refractivity (Wildman–Crippen MR) is 127 cm³/mol. The normalized spacial score (nSPS) is 15.7. The van der Waals surface area contributed by atoms with Crippen molar-refractivity contribution in [2.45, 2.75) is 32.7 Å². The summed E-state index contributed by atoms with van der Waals surface area (Å²) in [4.78, 5) is 19.0. The largest absolute Gasteiger partial charge is 0.356 e. The fraction of sp³-hybridized carbons (Fsp3) is 0.222. The van der Waals surface area contributed by atoms with E-state index in [9.17, 15) is 4.79 Å². The minimum atomic E-state index is -0.147. The highest BCUT2D eigenvalue weighted by Gasteiger charge is 2.34. The summed E-state index contributed by atoms with van der Waals surface area (Å²) in [6, 6.07) is 24.8. The first-order valence-corrected chi connectivity index (χ1v) is 11.0. The lowest BCUT2D eigenvalue weighted by atomic mass is 9.92. The zero-order chi connectivity index (χ0) is 21.4. The number of urea groups is 1. The van der Waals surface area contributed by atoms with Crippen LogP contribution in [0, 0.1) is 6.92 Å². The van der Waals surface area contributed by atoms with Crippen molar-refractivity contribution >= 4 is 22.6 Å². The van der Waals surface area contributed by atoms with Crippen molar-refractivity contribution in [2.75, 3.05) is 11.9 Å². The van der Waals surface area contributed by atoms with E-state index < -0.39 is 0 Å². The highest BCUT2D eigenvalue weighted by molar-refractivity contribution is 5.91. The molecular weight excluding hydrogens is 382 g/mol. The van der Waals surface area contributed by atoms with Crippen LogP contribution in [0.4, 0.5) is 10.5 Å². The van der Waals surface area contributed by atoms with Gasteiger partial charge in [-0.05, 0) is 54.7 Å². The van der Waals surface area contributed by atoms with E-state index in [1.165, 1.54) is 22.1 Å². The molecule has 31 heavy (non-hydrogen) atoms. The van der Waals surface area contributed by atoms with Crippen LogP contribution in [-0.4, -0.2) is 22.5 Å². The minimum absolute atomic E-state index is 0.0703. The third kappa shape index (κ3) is 3.59. The Morgan fingerprint density at radius 1 is 1.03 bits per heavy atom. The number of aromatic amines is 1. The molecule has 4 aromatic rings. The van der Waals surface area contributed by atoms with E-state index in [0.717, 1.165) is 35.3 Å². The SMILES string of the molecule is CCc1ccc(NC(=O)N2CCc3c([nH]c4ccccc34)[C@H]2c2ccc(C)cc2)cc1. The third-order valence-electron chi connectivity index (χ3n) is 6.30. The number of nitrogens with zero attached hydrogens (tertiary/aromatic N) is 1. The van der Waals surface area contributed by atoms with Gasteiger partial charge in [-0.1, -0.05) is 67.1 Å². The lowest BCUT2D eigenvalue weighted by Crippen LogP contribution is -2.43. The second-order valence-corrected chi connectivity index (χ2v) is 8.30. The number of H-pyrrole nitrogens is 1. The van der Waals surface area contributed by atoms with Gasteiger partial charge < -0.3 is 15.2 Å². The maximum atomic E-state index is 13.4. The summed E-state index contributed by atoms with van der Waals surface area (Å²) in [6.07, 6.45) is 1.82. The van der Waals surface area contributed by atoms with Crippen molar-refractivity contribution in [3.05, 3.63) is 101 Å². The number of aromatic nitrogens is 1. The first-order valence-electron chi connectivity index (χ1n) is 11.0. The van der Waals surface area contributed by atoms with Gasteiger partial charge in [0.25, 0.3) is 0 Å². The molecule has 2 heterocycles. The van der Waals surface area contributed by atoms with Crippen LogP contribution in [-0.2, 0) is 12.8 Å². The van der Waals surface area contributed by atoms with Gasteiger partial charge in [0.15, 0.2) is 0 Å². The van der Waals surface area contributed by atoms with Crippen LogP contribution >= 0.6 is 0 Å². The fourth-order valence-corrected chi connectivity index (χ4v) is 4.57. The number of hydrogen-bond acceptors (Lipinski definition) is 1. The predicted octanol–water partition coefficient (Wildman–Crippen LogP) is 6.22. The molecule has 3 aromatic carbocycles. The molecule has 1 aliphatic rings. The Balaban J connectivity index is 1.53. The number of hydrogen-bond donors (Lipinski definition) is 2. The van der Waals surface area contributed by atoms with E-state index in [2.05, 4.69) is 84.8 Å². The summed E-state index contributed by atoms with van der Waals surface area (Å²) in [5.41, 5.74) is 7.98. The first kappa shape index (κ1) is 19.4. The van der Waals surface area contributed by atoms with Gasteiger partial charge in [-0.15, -0.1) is 0 Å². The van der Waals surface area contributed by atoms with Crippen LogP contribution < -0.4 is 5.32 Å². The number of carbonyl (C=O) groups is 1. The summed E-state index contributed by atoms with van der Waals surface area (Å²) in [6.45, 7) is 4.89. The van der Waals surface area contributed by atoms with Crippen molar-refractivity contribution < 1.29 is 4.79 Å². The van der Waals surface area contributed by atoms with Crippen molar-refractivity contribution in [3.8, 4) is 0 Å². The number of nitrogens with one attached hydrogen (secondary N) is 2. The van der Waals surface area contributed by atoms with Crippen LogP contribution in [0.2, 0.25) is 0 Å². The summed E-state index contributed by atoms with van der Waals surface area (Å²) in [7, 11) is 0. The van der Waals surface area contributed by atoms with E-state index in [4.69, 9.17) is 0 Å². The number of fused-ring (bicyclic) bond motifs is 3. The van der Waals surface area contributed by atoms with Crippen molar-refractivity contribution in [2.24, 2.45) is 0 Å². The molecule has 156 valence electrons. The quantitative estimate of drug-likeness (QED) is 0.415. The summed E-state index contributed by atoms with van der Waals surface area (Å²) < 4.78 is 0. The Labute approximate surface area is 182 Å². The number of amides is 2. The molecule has 0 fully saturated rings. The number of benzene rings is 3. The zero-order valence-electron chi connectivity index (χ0n) is 18.0. The number of aryl methyl sites for hydroxylation is 2. The Kier molecular flexibility index (Phi) is 4.99. The Hall–Kier alpha value is -3.53. The topological polar surface area (TPSA) is 48.1 Å². The van der Waals surface area contributed by atoms with Crippen LogP contribution in [0.5, 0.6) is 0 Å². The van der Waals surface area contributed by atoms with Gasteiger partial charge in [0.2, 0.25) is 0 Å². The summed E-state index contributed by atoms with van der Waals surface area (Å²) in [5.74, 6) is 0.